The predicted octanol–water partition coefficient (Wildman–Crippen LogP) is 3.58. The summed E-state index contributed by atoms with van der Waals surface area (Å²) in [6.45, 7) is 4.37. The van der Waals surface area contributed by atoms with Crippen LogP contribution in [0.2, 0.25) is 0 Å². The Morgan fingerprint density at radius 2 is 1.96 bits per heavy atom. The van der Waals surface area contributed by atoms with Crippen LogP contribution in [0.4, 0.5) is 0 Å². The number of nitrogens with zero attached hydrogens (tertiary/aromatic N) is 1. The van der Waals surface area contributed by atoms with E-state index in [2.05, 4.69) is 34.5 Å². The van der Waals surface area contributed by atoms with E-state index >= 15 is 0 Å². The first-order valence-corrected chi connectivity index (χ1v) is 10.4. The summed E-state index contributed by atoms with van der Waals surface area (Å²) >= 11 is 0. The third-order valence-corrected chi connectivity index (χ3v) is 7.87. The van der Waals surface area contributed by atoms with Crippen LogP contribution in [0.25, 0.3) is 0 Å². The number of hydrogen-bond acceptors (Lipinski definition) is 3. The molecule has 5 atom stereocenters. The number of fused-ring (bicyclic) bond motifs is 4. The summed E-state index contributed by atoms with van der Waals surface area (Å²) < 4.78 is 0. The van der Waals surface area contributed by atoms with Crippen molar-refractivity contribution < 1.29 is 5.11 Å². The van der Waals surface area contributed by atoms with Gasteiger partial charge in [-0.1, -0.05) is 30.7 Å². The minimum Gasteiger partial charge on any atom is -0.379 e. The van der Waals surface area contributed by atoms with Crippen LogP contribution in [0, 0.1) is 11.8 Å². The topological polar surface area (TPSA) is 35.5 Å². The van der Waals surface area contributed by atoms with E-state index in [9.17, 15) is 5.11 Å². The zero-order valence-corrected chi connectivity index (χ0v) is 15.5. The Labute approximate surface area is 151 Å². The van der Waals surface area contributed by atoms with Crippen molar-refractivity contribution in [1.82, 2.24) is 10.2 Å². The Bertz CT molecular complexity index is 635. The number of hydrogen-bond donors (Lipinski definition) is 2. The SMILES string of the molecule is CC(O)N[C@H]1CC2(CCN([C@@H]3C[C@H]4CC[C@@H]3C4)CC2)c2ccccc21. The standard InChI is InChI=1S/C22H32N2O/c1-15(25)23-20-14-22(19-5-3-2-4-18(19)20)8-10-24(11-9-22)21-13-16-6-7-17(21)12-16/h2-5,15-17,20-21,23,25H,6-14H2,1H3/t15?,16-,17+,20-,21+/m0/s1. The molecular weight excluding hydrogens is 308 g/mol. The van der Waals surface area contributed by atoms with E-state index in [1.54, 1.807) is 5.56 Å². The number of aliphatic hydroxyl groups excluding tert-OH is 1. The fraction of sp³-hybridized carbons (Fsp3) is 0.727. The molecule has 3 heteroatoms. The predicted molar refractivity (Wildman–Crippen MR) is 100 cm³/mol. The minimum absolute atomic E-state index is 0.310. The van der Waals surface area contributed by atoms with Crippen LogP contribution < -0.4 is 5.32 Å². The van der Waals surface area contributed by atoms with Gasteiger partial charge in [-0.25, -0.2) is 0 Å². The van der Waals surface area contributed by atoms with Crippen molar-refractivity contribution in [2.24, 2.45) is 11.8 Å². The fourth-order valence-corrected chi connectivity index (χ4v) is 6.75. The first kappa shape index (κ1) is 16.3. The van der Waals surface area contributed by atoms with E-state index in [1.807, 2.05) is 6.92 Å². The van der Waals surface area contributed by atoms with E-state index in [0.29, 0.717) is 11.5 Å². The Morgan fingerprint density at radius 1 is 1.16 bits per heavy atom. The lowest BCUT2D eigenvalue weighted by Crippen LogP contribution is -2.48. The zero-order valence-electron chi connectivity index (χ0n) is 15.5. The lowest BCUT2D eigenvalue weighted by Gasteiger charge is -2.44. The summed E-state index contributed by atoms with van der Waals surface area (Å²) in [4.78, 5) is 2.84. The number of aliphatic hydroxyl groups is 1. The number of likely N-dealkylation sites (tertiary alicyclic amines) is 1. The zero-order chi connectivity index (χ0) is 17.0. The Balaban J connectivity index is 1.33. The van der Waals surface area contributed by atoms with Crippen LogP contribution in [0.15, 0.2) is 24.3 Å². The molecule has 2 saturated carbocycles. The van der Waals surface area contributed by atoms with Crippen molar-refractivity contribution in [3.63, 3.8) is 0 Å². The van der Waals surface area contributed by atoms with Gasteiger partial charge in [0.1, 0.15) is 6.23 Å². The van der Waals surface area contributed by atoms with Crippen LogP contribution in [-0.4, -0.2) is 35.4 Å². The monoisotopic (exact) mass is 340 g/mol. The molecule has 0 amide bonds. The van der Waals surface area contributed by atoms with Gasteiger partial charge < -0.3 is 10.0 Å². The van der Waals surface area contributed by atoms with Gasteiger partial charge >= 0.3 is 0 Å². The van der Waals surface area contributed by atoms with Gasteiger partial charge in [0.25, 0.3) is 0 Å². The number of benzene rings is 1. The summed E-state index contributed by atoms with van der Waals surface area (Å²) in [5, 5.41) is 13.3. The molecule has 3 fully saturated rings. The highest BCUT2D eigenvalue weighted by Crippen LogP contribution is 2.53. The van der Waals surface area contributed by atoms with E-state index in [4.69, 9.17) is 0 Å². The van der Waals surface area contributed by atoms with Gasteiger partial charge in [-0.3, -0.25) is 5.32 Å². The molecule has 1 heterocycles. The van der Waals surface area contributed by atoms with E-state index in [-0.39, 0.29) is 0 Å². The Hall–Kier alpha value is -0.900. The molecule has 136 valence electrons. The third-order valence-electron chi connectivity index (χ3n) is 7.87. The molecule has 2 bridgehead atoms. The Morgan fingerprint density at radius 3 is 2.64 bits per heavy atom. The van der Waals surface area contributed by atoms with Crippen molar-refractivity contribution in [2.75, 3.05) is 13.1 Å². The molecule has 3 nitrogen and oxygen atoms in total. The summed E-state index contributed by atoms with van der Waals surface area (Å²) in [6.07, 6.45) is 9.25. The molecule has 0 radical (unpaired) electrons. The van der Waals surface area contributed by atoms with Gasteiger partial charge in [-0.2, -0.15) is 0 Å². The average molecular weight is 341 g/mol. The quantitative estimate of drug-likeness (QED) is 0.826. The van der Waals surface area contributed by atoms with Crippen molar-refractivity contribution >= 4 is 0 Å². The highest BCUT2D eigenvalue weighted by molar-refractivity contribution is 5.42. The molecule has 1 saturated heterocycles. The smallest absolute Gasteiger partial charge is 0.102 e. The molecule has 25 heavy (non-hydrogen) atoms. The second-order valence-corrected chi connectivity index (χ2v) is 9.25. The molecule has 3 aliphatic carbocycles. The maximum atomic E-state index is 9.85. The van der Waals surface area contributed by atoms with Gasteiger partial charge in [0.2, 0.25) is 0 Å². The number of rotatable bonds is 3. The highest BCUT2D eigenvalue weighted by atomic mass is 16.3. The van der Waals surface area contributed by atoms with E-state index in [0.717, 1.165) is 24.3 Å². The highest BCUT2D eigenvalue weighted by Gasteiger charge is 2.48. The third kappa shape index (κ3) is 2.67. The molecule has 2 N–H and O–H groups in total. The molecule has 1 spiro atoms. The molecule has 1 aliphatic heterocycles. The molecule has 0 aromatic heterocycles. The Kier molecular flexibility index (Phi) is 3.96. The van der Waals surface area contributed by atoms with Crippen molar-refractivity contribution in [3.05, 3.63) is 35.4 Å². The van der Waals surface area contributed by atoms with Gasteiger partial charge in [-0.15, -0.1) is 0 Å². The second-order valence-electron chi connectivity index (χ2n) is 9.25. The van der Waals surface area contributed by atoms with E-state index < -0.39 is 6.23 Å². The van der Waals surface area contributed by atoms with Gasteiger partial charge in [0.15, 0.2) is 0 Å². The number of nitrogens with one attached hydrogen (secondary N) is 1. The minimum atomic E-state index is -0.442. The van der Waals surface area contributed by atoms with Crippen LogP contribution in [0.5, 0.6) is 0 Å². The number of piperidine rings is 1. The lowest BCUT2D eigenvalue weighted by atomic mass is 9.73. The van der Waals surface area contributed by atoms with Crippen LogP contribution >= 0.6 is 0 Å². The van der Waals surface area contributed by atoms with Crippen molar-refractivity contribution in [3.8, 4) is 0 Å². The largest absolute Gasteiger partial charge is 0.379 e. The molecule has 1 aromatic rings. The summed E-state index contributed by atoms with van der Waals surface area (Å²) in [6, 6.07) is 10.2. The maximum Gasteiger partial charge on any atom is 0.102 e. The normalized spacial score (nSPS) is 37.5. The van der Waals surface area contributed by atoms with Crippen LogP contribution in [-0.2, 0) is 5.41 Å². The van der Waals surface area contributed by atoms with Crippen LogP contribution in [0.1, 0.15) is 69.0 Å². The van der Waals surface area contributed by atoms with Crippen molar-refractivity contribution in [2.45, 2.75) is 75.6 Å². The van der Waals surface area contributed by atoms with Gasteiger partial charge in [0, 0.05) is 12.1 Å². The fourth-order valence-electron chi connectivity index (χ4n) is 6.75. The molecule has 1 aromatic carbocycles. The molecular formula is C22H32N2O. The molecule has 5 rings (SSSR count). The molecule has 4 aliphatic rings. The van der Waals surface area contributed by atoms with E-state index in [1.165, 1.54) is 57.2 Å². The first-order valence-electron chi connectivity index (χ1n) is 10.4. The molecule has 1 unspecified atom stereocenters. The van der Waals surface area contributed by atoms with Gasteiger partial charge in [0.05, 0.1) is 0 Å². The maximum absolute atomic E-state index is 9.85. The lowest BCUT2D eigenvalue weighted by molar-refractivity contribution is 0.0768. The van der Waals surface area contributed by atoms with Crippen molar-refractivity contribution in [1.29, 1.82) is 0 Å². The second kappa shape index (κ2) is 6.07. The van der Waals surface area contributed by atoms with Crippen LogP contribution in [0.3, 0.4) is 0 Å². The average Bonchev–Trinajstić information content (AvgIpc) is 3.31. The summed E-state index contributed by atoms with van der Waals surface area (Å²) in [5.74, 6) is 2.04. The first-order chi connectivity index (χ1) is 12.1. The summed E-state index contributed by atoms with van der Waals surface area (Å²) in [5.41, 5.74) is 3.31. The van der Waals surface area contributed by atoms with Gasteiger partial charge in [-0.05, 0) is 86.9 Å². The summed E-state index contributed by atoms with van der Waals surface area (Å²) in [7, 11) is 0.